The normalized spacial score (nSPS) is 14.0. The molecule has 4 amide bonds. The number of hydrogen-bond donors (Lipinski definition) is 4. The number of nitrogens with one attached hydrogen (secondary N) is 4. The second kappa shape index (κ2) is 20.3. The van der Waals surface area contributed by atoms with Gasteiger partial charge in [-0.1, -0.05) is 40.5 Å². The Kier molecular flexibility index (Phi) is 18.8. The first-order valence-electron chi connectivity index (χ1n) is 13.7. The number of rotatable bonds is 21. The number of amides is 4. The summed E-state index contributed by atoms with van der Waals surface area (Å²) in [5.74, 6) is -1.40. The van der Waals surface area contributed by atoms with E-state index in [0.29, 0.717) is 25.9 Å². The molecule has 0 aromatic rings. The molecule has 0 rings (SSSR count). The van der Waals surface area contributed by atoms with Crippen LogP contribution in [0.25, 0.3) is 0 Å². The lowest BCUT2D eigenvalue weighted by Crippen LogP contribution is -2.48. The van der Waals surface area contributed by atoms with E-state index in [4.69, 9.17) is 0 Å². The molecule has 0 heterocycles. The summed E-state index contributed by atoms with van der Waals surface area (Å²) in [6.07, 6.45) is 6.19. The minimum absolute atomic E-state index is 0.0318. The Balaban J connectivity index is 4.35. The van der Waals surface area contributed by atoms with Crippen molar-refractivity contribution >= 4 is 35.7 Å². The van der Waals surface area contributed by atoms with E-state index in [1.54, 1.807) is 13.8 Å². The number of carbonyl (C=O) groups is 6. The molecule has 10 heteroatoms. The molecule has 0 unspecified atom stereocenters. The highest BCUT2D eigenvalue weighted by Gasteiger charge is 2.23. The maximum absolute atomic E-state index is 12.6. The van der Waals surface area contributed by atoms with Gasteiger partial charge in [-0.15, -0.1) is 0 Å². The van der Waals surface area contributed by atoms with Crippen LogP contribution in [0.4, 0.5) is 0 Å². The molecule has 0 aromatic carbocycles. The highest BCUT2D eigenvalue weighted by Crippen LogP contribution is 2.06. The van der Waals surface area contributed by atoms with Gasteiger partial charge in [0.05, 0.1) is 0 Å². The first-order chi connectivity index (χ1) is 17.6. The summed E-state index contributed by atoms with van der Waals surface area (Å²) in [5, 5.41) is 11.2. The van der Waals surface area contributed by atoms with E-state index >= 15 is 0 Å². The van der Waals surface area contributed by atoms with Gasteiger partial charge in [0.2, 0.25) is 23.6 Å². The molecular weight excluding hydrogens is 476 g/mol. The van der Waals surface area contributed by atoms with E-state index in [9.17, 15) is 28.8 Å². The van der Waals surface area contributed by atoms with Crippen molar-refractivity contribution in [1.82, 2.24) is 21.3 Å². The van der Waals surface area contributed by atoms with Gasteiger partial charge in [-0.2, -0.15) is 0 Å². The summed E-state index contributed by atoms with van der Waals surface area (Å²) in [6.45, 7) is 9.76. The number of carbonyl (C=O) groups excluding carboxylic acids is 6. The van der Waals surface area contributed by atoms with Crippen LogP contribution in [0.5, 0.6) is 0 Å². The standard InChI is InChI=1S/C27H48N4O6/c1-6-19(3)24(34)30-22(13-12-18-32)26(36)28-16-10-8-9-11-17-29-27(37)23(15-14-21(5)33)31-25(35)20(4)7-2/h18-20,22-23H,6-17H2,1-5H3,(H,28,36)(H,29,37)(H,30,34)(H,31,35)/t19-,20-,22-,23-/m0/s1. The zero-order valence-electron chi connectivity index (χ0n) is 23.3. The monoisotopic (exact) mass is 524 g/mol. The topological polar surface area (TPSA) is 151 Å². The Hall–Kier alpha value is -2.78. The average Bonchev–Trinajstić information content (AvgIpc) is 2.88. The second-order valence-electron chi connectivity index (χ2n) is 9.72. The number of unbranched alkanes of at least 4 members (excludes halogenated alkanes) is 3. The smallest absolute Gasteiger partial charge is 0.242 e. The molecule has 0 aliphatic heterocycles. The van der Waals surface area contributed by atoms with E-state index in [1.807, 2.05) is 13.8 Å². The van der Waals surface area contributed by atoms with Crippen molar-refractivity contribution < 1.29 is 28.8 Å². The largest absolute Gasteiger partial charge is 0.354 e. The molecule has 10 nitrogen and oxygen atoms in total. The predicted molar refractivity (Wildman–Crippen MR) is 142 cm³/mol. The van der Waals surface area contributed by atoms with Crippen LogP contribution in [0.15, 0.2) is 0 Å². The lowest BCUT2D eigenvalue weighted by atomic mass is 10.0. The fourth-order valence-corrected chi connectivity index (χ4v) is 3.39. The van der Waals surface area contributed by atoms with Crippen molar-refractivity contribution in [3.05, 3.63) is 0 Å². The van der Waals surface area contributed by atoms with E-state index in [-0.39, 0.29) is 66.9 Å². The van der Waals surface area contributed by atoms with Crippen LogP contribution in [0.3, 0.4) is 0 Å². The van der Waals surface area contributed by atoms with Crippen molar-refractivity contribution in [2.24, 2.45) is 11.8 Å². The molecule has 37 heavy (non-hydrogen) atoms. The van der Waals surface area contributed by atoms with Gasteiger partial charge in [0.1, 0.15) is 24.2 Å². The minimum atomic E-state index is -0.728. The third-order valence-electron chi connectivity index (χ3n) is 6.45. The Morgan fingerprint density at radius 1 is 0.676 bits per heavy atom. The molecular formula is C27H48N4O6. The van der Waals surface area contributed by atoms with Gasteiger partial charge in [-0.3, -0.25) is 19.2 Å². The summed E-state index contributed by atoms with van der Waals surface area (Å²) >= 11 is 0. The van der Waals surface area contributed by atoms with Crippen LogP contribution in [0, 0.1) is 11.8 Å². The number of hydrogen-bond acceptors (Lipinski definition) is 6. The van der Waals surface area contributed by atoms with Crippen LogP contribution in [-0.2, 0) is 28.8 Å². The number of ketones is 1. The maximum atomic E-state index is 12.6. The SMILES string of the molecule is CC[C@H](C)C(=O)N[C@@H](CCC=O)C(=O)NCCCCCCNC(=O)[C@H](CCC(C)=O)NC(=O)[C@@H](C)CC. The van der Waals surface area contributed by atoms with Gasteiger partial charge >= 0.3 is 0 Å². The third-order valence-corrected chi connectivity index (χ3v) is 6.45. The van der Waals surface area contributed by atoms with Crippen LogP contribution in [0.1, 0.15) is 98.8 Å². The Bertz CT molecular complexity index is 742. The van der Waals surface area contributed by atoms with Gasteiger partial charge < -0.3 is 30.9 Å². The fourth-order valence-electron chi connectivity index (χ4n) is 3.39. The Labute approximate surface area is 221 Å². The van der Waals surface area contributed by atoms with E-state index in [0.717, 1.165) is 32.0 Å². The van der Waals surface area contributed by atoms with Gasteiger partial charge in [-0.25, -0.2) is 0 Å². The summed E-state index contributed by atoms with van der Waals surface area (Å²) < 4.78 is 0. The molecule has 0 spiro atoms. The van der Waals surface area contributed by atoms with Crippen molar-refractivity contribution in [2.75, 3.05) is 13.1 Å². The van der Waals surface area contributed by atoms with Crippen LogP contribution in [0.2, 0.25) is 0 Å². The quantitative estimate of drug-likeness (QED) is 0.133. The molecule has 0 aliphatic carbocycles. The zero-order chi connectivity index (χ0) is 28.2. The van der Waals surface area contributed by atoms with Crippen molar-refractivity contribution in [1.29, 1.82) is 0 Å². The second-order valence-corrected chi connectivity index (χ2v) is 9.72. The van der Waals surface area contributed by atoms with Crippen molar-refractivity contribution in [2.45, 2.75) is 111 Å². The molecule has 4 atom stereocenters. The first kappa shape index (κ1) is 34.2. The van der Waals surface area contributed by atoms with Crippen molar-refractivity contribution in [3.63, 3.8) is 0 Å². The average molecular weight is 525 g/mol. The third kappa shape index (κ3) is 15.8. The zero-order valence-corrected chi connectivity index (χ0v) is 23.3. The molecule has 0 fully saturated rings. The molecule has 0 bridgehead atoms. The summed E-state index contributed by atoms with van der Waals surface area (Å²) in [6, 6.07) is -1.45. The lowest BCUT2D eigenvalue weighted by Gasteiger charge is -2.20. The van der Waals surface area contributed by atoms with Crippen LogP contribution < -0.4 is 21.3 Å². The predicted octanol–water partition coefficient (Wildman–Crippen LogP) is 2.19. The van der Waals surface area contributed by atoms with Gasteiger partial charge in [0.15, 0.2) is 0 Å². The fraction of sp³-hybridized carbons (Fsp3) is 0.778. The number of aldehydes is 1. The first-order valence-corrected chi connectivity index (χ1v) is 13.7. The maximum Gasteiger partial charge on any atom is 0.242 e. The summed E-state index contributed by atoms with van der Waals surface area (Å²) in [7, 11) is 0. The van der Waals surface area contributed by atoms with E-state index < -0.39 is 12.1 Å². The van der Waals surface area contributed by atoms with E-state index in [1.165, 1.54) is 6.92 Å². The summed E-state index contributed by atoms with van der Waals surface area (Å²) in [5.41, 5.74) is 0. The molecule has 0 saturated carbocycles. The minimum Gasteiger partial charge on any atom is -0.354 e. The summed E-state index contributed by atoms with van der Waals surface area (Å²) in [4.78, 5) is 71.4. The molecule has 0 aromatic heterocycles. The lowest BCUT2D eigenvalue weighted by molar-refractivity contribution is -0.131. The molecule has 4 N–H and O–H groups in total. The van der Waals surface area contributed by atoms with Gasteiger partial charge in [0.25, 0.3) is 0 Å². The van der Waals surface area contributed by atoms with Gasteiger partial charge in [-0.05, 0) is 45.4 Å². The van der Waals surface area contributed by atoms with Gasteiger partial charge in [0, 0.05) is 37.8 Å². The van der Waals surface area contributed by atoms with Crippen molar-refractivity contribution in [3.8, 4) is 0 Å². The molecule has 0 radical (unpaired) electrons. The molecule has 212 valence electrons. The molecule has 0 aliphatic rings. The Morgan fingerprint density at radius 2 is 1.11 bits per heavy atom. The number of Topliss-reactive ketones (excluding diaryl/α,β-unsaturated/α-hetero) is 1. The Morgan fingerprint density at radius 3 is 1.49 bits per heavy atom. The highest BCUT2D eigenvalue weighted by atomic mass is 16.2. The molecule has 0 saturated heterocycles. The highest BCUT2D eigenvalue weighted by molar-refractivity contribution is 5.89. The van der Waals surface area contributed by atoms with Crippen LogP contribution in [-0.4, -0.2) is 60.9 Å². The van der Waals surface area contributed by atoms with Crippen LogP contribution >= 0.6 is 0 Å². The van der Waals surface area contributed by atoms with E-state index in [2.05, 4.69) is 21.3 Å².